The second kappa shape index (κ2) is 10.8. The highest BCUT2D eigenvalue weighted by Gasteiger charge is 2.17. The van der Waals surface area contributed by atoms with Gasteiger partial charge < -0.3 is 15.0 Å². The molecule has 33 heavy (non-hydrogen) atoms. The fourth-order valence-corrected chi connectivity index (χ4v) is 3.97. The molecular weight excluding hydrogens is 438 g/mol. The van der Waals surface area contributed by atoms with Crippen molar-refractivity contribution in [3.05, 3.63) is 83.0 Å². The number of carbonyl (C=O) groups is 3. The Morgan fingerprint density at radius 1 is 1.03 bits per heavy atom. The zero-order valence-corrected chi connectivity index (χ0v) is 19.7. The molecule has 0 bridgehead atoms. The minimum absolute atomic E-state index is 0.132. The summed E-state index contributed by atoms with van der Waals surface area (Å²) in [5, 5.41) is 3.16. The Kier molecular flexibility index (Phi) is 7.84. The lowest BCUT2D eigenvalue weighted by molar-refractivity contribution is -0.119. The minimum Gasteiger partial charge on any atom is -0.452 e. The lowest BCUT2D eigenvalue weighted by Gasteiger charge is -2.12. The van der Waals surface area contributed by atoms with Crippen LogP contribution in [-0.4, -0.2) is 48.4 Å². The van der Waals surface area contributed by atoms with Gasteiger partial charge >= 0.3 is 5.97 Å². The van der Waals surface area contributed by atoms with Crippen LogP contribution in [0.2, 0.25) is 0 Å². The van der Waals surface area contributed by atoms with E-state index in [4.69, 9.17) is 4.74 Å². The van der Waals surface area contributed by atoms with Crippen molar-refractivity contribution in [1.82, 2.24) is 9.88 Å². The molecule has 0 aliphatic carbocycles. The lowest BCUT2D eigenvalue weighted by atomic mass is 10.2. The maximum absolute atomic E-state index is 12.7. The molecule has 1 N–H and O–H groups in total. The topological polar surface area (TPSA) is 88.6 Å². The Hall–Kier alpha value is -3.65. The van der Waals surface area contributed by atoms with E-state index in [2.05, 4.69) is 10.3 Å². The smallest absolute Gasteiger partial charge is 0.341 e. The number of esters is 1. The number of pyridine rings is 1. The van der Waals surface area contributed by atoms with Crippen LogP contribution in [0.3, 0.4) is 0 Å². The van der Waals surface area contributed by atoms with Crippen molar-refractivity contribution >= 4 is 35.2 Å². The van der Waals surface area contributed by atoms with Gasteiger partial charge in [-0.3, -0.25) is 9.59 Å². The highest BCUT2D eigenvalue weighted by molar-refractivity contribution is 7.99. The van der Waals surface area contributed by atoms with Crippen molar-refractivity contribution in [3.8, 4) is 0 Å². The van der Waals surface area contributed by atoms with Crippen LogP contribution in [0.4, 0.5) is 5.69 Å². The van der Waals surface area contributed by atoms with E-state index in [9.17, 15) is 14.4 Å². The molecule has 1 heterocycles. The first kappa shape index (κ1) is 24.0. The molecule has 3 rings (SSSR count). The molecular formula is C25H25N3O4S. The van der Waals surface area contributed by atoms with Gasteiger partial charge in [0, 0.05) is 36.4 Å². The molecule has 0 unspecified atom stereocenters. The van der Waals surface area contributed by atoms with Crippen molar-refractivity contribution < 1.29 is 19.1 Å². The summed E-state index contributed by atoms with van der Waals surface area (Å²) in [7, 11) is 3.33. The molecule has 0 aliphatic rings. The summed E-state index contributed by atoms with van der Waals surface area (Å²) in [6.07, 6.45) is 1.61. The molecule has 0 atom stereocenters. The van der Waals surface area contributed by atoms with Crippen LogP contribution in [0.15, 0.2) is 70.7 Å². The summed E-state index contributed by atoms with van der Waals surface area (Å²) < 4.78 is 5.22. The van der Waals surface area contributed by atoms with Gasteiger partial charge in [0.1, 0.15) is 5.03 Å². The molecule has 1 aromatic heterocycles. The van der Waals surface area contributed by atoms with Gasteiger partial charge in [-0.15, -0.1) is 0 Å². The van der Waals surface area contributed by atoms with Gasteiger partial charge in [-0.2, -0.15) is 0 Å². The predicted octanol–water partition coefficient (Wildman–Crippen LogP) is 4.35. The number of aromatic nitrogens is 1. The first-order valence-electron chi connectivity index (χ1n) is 10.2. The van der Waals surface area contributed by atoms with Crippen LogP contribution >= 0.6 is 11.8 Å². The molecule has 0 fully saturated rings. The zero-order valence-electron chi connectivity index (χ0n) is 18.9. The second-order valence-electron chi connectivity index (χ2n) is 7.63. The third kappa shape index (κ3) is 6.43. The van der Waals surface area contributed by atoms with E-state index in [-0.39, 0.29) is 5.91 Å². The van der Waals surface area contributed by atoms with E-state index in [0.29, 0.717) is 21.8 Å². The number of carbonyl (C=O) groups excluding carboxylic acids is 3. The van der Waals surface area contributed by atoms with Crippen LogP contribution in [0, 0.1) is 13.8 Å². The summed E-state index contributed by atoms with van der Waals surface area (Å²) in [5.74, 6) is -1.24. The number of ether oxygens (including phenoxy) is 1. The highest BCUT2D eigenvalue weighted by atomic mass is 32.2. The number of rotatable bonds is 7. The number of hydrogen-bond acceptors (Lipinski definition) is 6. The van der Waals surface area contributed by atoms with E-state index < -0.39 is 18.5 Å². The van der Waals surface area contributed by atoms with E-state index in [1.807, 2.05) is 32.0 Å². The Morgan fingerprint density at radius 2 is 1.76 bits per heavy atom. The van der Waals surface area contributed by atoms with E-state index in [1.165, 1.54) is 16.7 Å². The zero-order chi connectivity index (χ0) is 24.0. The fraction of sp³-hybridized carbons (Fsp3) is 0.200. The molecule has 2 amide bonds. The standard InChI is InChI=1S/C25H25N3O4S/c1-16-7-8-17(2)21(14-16)33-23-20(6-5-13-26-23)25(31)32-15-22(29)27-19-11-9-18(10-12-19)24(30)28(3)4/h5-14H,15H2,1-4H3,(H,27,29). The Balaban J connectivity index is 1.61. The average Bonchev–Trinajstić information content (AvgIpc) is 2.80. The van der Waals surface area contributed by atoms with Crippen LogP contribution in [0.5, 0.6) is 0 Å². The average molecular weight is 464 g/mol. The van der Waals surface area contributed by atoms with E-state index in [0.717, 1.165) is 16.0 Å². The predicted molar refractivity (Wildman–Crippen MR) is 128 cm³/mol. The Labute approximate surface area is 197 Å². The Bertz CT molecular complexity index is 1180. The van der Waals surface area contributed by atoms with E-state index in [1.54, 1.807) is 56.7 Å². The van der Waals surface area contributed by atoms with Crippen molar-refractivity contribution in [1.29, 1.82) is 0 Å². The maximum atomic E-state index is 12.7. The van der Waals surface area contributed by atoms with Crippen LogP contribution in [0.1, 0.15) is 31.8 Å². The van der Waals surface area contributed by atoms with Crippen molar-refractivity contribution in [2.24, 2.45) is 0 Å². The van der Waals surface area contributed by atoms with Crippen LogP contribution < -0.4 is 5.32 Å². The number of aryl methyl sites for hydroxylation is 2. The highest BCUT2D eigenvalue weighted by Crippen LogP contribution is 2.32. The third-order valence-electron chi connectivity index (χ3n) is 4.70. The van der Waals surface area contributed by atoms with Gasteiger partial charge in [0.25, 0.3) is 11.8 Å². The molecule has 0 saturated heterocycles. The summed E-state index contributed by atoms with van der Waals surface area (Å²) >= 11 is 1.38. The quantitative estimate of drug-likeness (QED) is 0.524. The molecule has 2 aromatic carbocycles. The molecule has 0 spiro atoms. The number of anilines is 1. The van der Waals surface area contributed by atoms with Gasteiger partial charge in [-0.05, 0) is 67.4 Å². The van der Waals surface area contributed by atoms with Gasteiger partial charge in [0.15, 0.2) is 6.61 Å². The molecule has 170 valence electrons. The van der Waals surface area contributed by atoms with E-state index >= 15 is 0 Å². The van der Waals surface area contributed by atoms with Gasteiger partial charge in [-0.1, -0.05) is 23.9 Å². The molecule has 0 radical (unpaired) electrons. The second-order valence-corrected chi connectivity index (χ2v) is 8.66. The van der Waals surface area contributed by atoms with Crippen LogP contribution in [0.25, 0.3) is 0 Å². The molecule has 0 aliphatic heterocycles. The van der Waals surface area contributed by atoms with Crippen molar-refractivity contribution in [2.75, 3.05) is 26.0 Å². The summed E-state index contributed by atoms with van der Waals surface area (Å²) in [6, 6.07) is 15.8. The monoisotopic (exact) mass is 463 g/mol. The molecule has 7 nitrogen and oxygen atoms in total. The normalized spacial score (nSPS) is 10.4. The number of benzene rings is 2. The van der Waals surface area contributed by atoms with Crippen molar-refractivity contribution in [3.63, 3.8) is 0 Å². The number of nitrogens with zero attached hydrogens (tertiary/aromatic N) is 2. The first-order chi connectivity index (χ1) is 15.7. The summed E-state index contributed by atoms with van der Waals surface area (Å²) in [6.45, 7) is 3.55. The molecule has 8 heteroatoms. The van der Waals surface area contributed by atoms with Gasteiger partial charge in [0.05, 0.1) is 5.56 Å². The summed E-state index contributed by atoms with van der Waals surface area (Å²) in [4.78, 5) is 43.6. The Morgan fingerprint density at radius 3 is 2.45 bits per heavy atom. The van der Waals surface area contributed by atoms with Gasteiger partial charge in [-0.25, -0.2) is 9.78 Å². The number of amides is 2. The molecule has 0 saturated carbocycles. The van der Waals surface area contributed by atoms with Crippen LogP contribution in [-0.2, 0) is 9.53 Å². The third-order valence-corrected chi connectivity index (χ3v) is 5.88. The minimum atomic E-state index is -0.627. The van der Waals surface area contributed by atoms with Gasteiger partial charge in [0.2, 0.25) is 0 Å². The summed E-state index contributed by atoms with van der Waals surface area (Å²) in [5.41, 5.74) is 3.49. The fourth-order valence-electron chi connectivity index (χ4n) is 2.91. The molecule has 3 aromatic rings. The maximum Gasteiger partial charge on any atom is 0.341 e. The lowest BCUT2D eigenvalue weighted by Crippen LogP contribution is -2.22. The van der Waals surface area contributed by atoms with Crippen molar-refractivity contribution in [2.45, 2.75) is 23.8 Å². The number of hydrogen-bond donors (Lipinski definition) is 1. The first-order valence-corrected chi connectivity index (χ1v) is 11.0. The SMILES string of the molecule is Cc1ccc(C)c(Sc2ncccc2C(=O)OCC(=O)Nc2ccc(C(=O)N(C)C)cc2)c1. The largest absolute Gasteiger partial charge is 0.452 e. The number of nitrogens with one attached hydrogen (secondary N) is 1.